The fourth-order valence-corrected chi connectivity index (χ4v) is 2.84. The molecule has 1 aliphatic heterocycles. The lowest BCUT2D eigenvalue weighted by Crippen LogP contribution is -2.15. The third kappa shape index (κ3) is 2.84. The Balaban J connectivity index is 1.93. The second kappa shape index (κ2) is 5.95. The summed E-state index contributed by atoms with van der Waals surface area (Å²) in [5.74, 6) is 2.12. The highest BCUT2D eigenvalue weighted by Gasteiger charge is 2.18. The van der Waals surface area contributed by atoms with Crippen molar-refractivity contribution in [1.29, 1.82) is 0 Å². The van der Waals surface area contributed by atoms with Crippen LogP contribution in [0.15, 0.2) is 40.9 Å². The van der Waals surface area contributed by atoms with Crippen LogP contribution < -0.4 is 14.2 Å². The van der Waals surface area contributed by atoms with E-state index >= 15 is 0 Å². The van der Waals surface area contributed by atoms with E-state index in [1.807, 2.05) is 36.4 Å². The number of hydrogen-bond donors (Lipinski definition) is 1. The first kappa shape index (κ1) is 14.2. The van der Waals surface area contributed by atoms with Gasteiger partial charge < -0.3 is 19.3 Å². The lowest BCUT2D eigenvalue weighted by Gasteiger charge is -2.20. The molecule has 0 radical (unpaired) electrons. The Morgan fingerprint density at radius 1 is 1.10 bits per heavy atom. The molecule has 0 bridgehead atoms. The number of aliphatic hydroxyl groups excluding tert-OH is 1. The van der Waals surface area contributed by atoms with Crippen LogP contribution >= 0.6 is 15.9 Å². The smallest absolute Gasteiger partial charge is 0.161 e. The van der Waals surface area contributed by atoms with Gasteiger partial charge in [0.2, 0.25) is 0 Å². The molecule has 5 heteroatoms. The Morgan fingerprint density at radius 3 is 2.57 bits per heavy atom. The van der Waals surface area contributed by atoms with Crippen LogP contribution in [0.3, 0.4) is 0 Å². The number of fused-ring (bicyclic) bond motifs is 1. The second-order valence-electron chi connectivity index (χ2n) is 4.69. The van der Waals surface area contributed by atoms with Crippen LogP contribution in [0.25, 0.3) is 0 Å². The van der Waals surface area contributed by atoms with Crippen LogP contribution in [0, 0.1) is 0 Å². The van der Waals surface area contributed by atoms with E-state index in [0.29, 0.717) is 24.7 Å². The van der Waals surface area contributed by atoms with Crippen molar-refractivity contribution < 1.29 is 19.3 Å². The third-order valence-electron chi connectivity index (χ3n) is 3.38. The Morgan fingerprint density at radius 2 is 1.86 bits per heavy atom. The standard InChI is InChI=1S/C16H15BrO4/c1-19-11-3-4-12(13(17)9-11)16(18)10-2-5-14-15(8-10)21-7-6-20-14/h2-5,8-9,16,18H,6-7H2,1H3. The van der Waals surface area contributed by atoms with Crippen LogP contribution in [-0.4, -0.2) is 25.4 Å². The van der Waals surface area contributed by atoms with Crippen LogP contribution in [0.2, 0.25) is 0 Å². The van der Waals surface area contributed by atoms with Crippen molar-refractivity contribution >= 4 is 15.9 Å². The van der Waals surface area contributed by atoms with E-state index in [1.165, 1.54) is 0 Å². The number of aliphatic hydroxyl groups is 1. The number of ether oxygens (including phenoxy) is 3. The van der Waals surface area contributed by atoms with Gasteiger partial charge in [-0.15, -0.1) is 0 Å². The molecule has 1 heterocycles. The third-order valence-corrected chi connectivity index (χ3v) is 4.07. The molecule has 0 fully saturated rings. The van der Waals surface area contributed by atoms with Gasteiger partial charge in [0.1, 0.15) is 25.1 Å². The van der Waals surface area contributed by atoms with Crippen molar-refractivity contribution in [1.82, 2.24) is 0 Å². The Bertz CT molecular complexity index is 657. The van der Waals surface area contributed by atoms with Gasteiger partial charge in [-0.1, -0.05) is 28.1 Å². The first-order chi connectivity index (χ1) is 10.2. The van der Waals surface area contributed by atoms with Crippen molar-refractivity contribution in [3.8, 4) is 17.2 Å². The van der Waals surface area contributed by atoms with Gasteiger partial charge in [-0.05, 0) is 35.4 Å². The van der Waals surface area contributed by atoms with Crippen molar-refractivity contribution in [2.24, 2.45) is 0 Å². The SMILES string of the molecule is COc1ccc(C(O)c2ccc3c(c2)OCCO3)c(Br)c1. The summed E-state index contributed by atoms with van der Waals surface area (Å²) >= 11 is 3.46. The maximum absolute atomic E-state index is 10.6. The summed E-state index contributed by atoms with van der Waals surface area (Å²) < 4.78 is 17.0. The minimum atomic E-state index is -0.749. The fraction of sp³-hybridized carbons (Fsp3) is 0.250. The van der Waals surface area contributed by atoms with E-state index in [9.17, 15) is 5.11 Å². The highest BCUT2D eigenvalue weighted by atomic mass is 79.9. The van der Waals surface area contributed by atoms with Crippen molar-refractivity contribution in [2.45, 2.75) is 6.10 Å². The van der Waals surface area contributed by atoms with Crippen molar-refractivity contribution in [3.63, 3.8) is 0 Å². The van der Waals surface area contributed by atoms with Crippen LogP contribution in [-0.2, 0) is 0 Å². The predicted octanol–water partition coefficient (Wildman–Crippen LogP) is 3.31. The van der Waals surface area contributed by atoms with E-state index in [-0.39, 0.29) is 0 Å². The minimum Gasteiger partial charge on any atom is -0.497 e. The highest BCUT2D eigenvalue weighted by molar-refractivity contribution is 9.10. The lowest BCUT2D eigenvalue weighted by molar-refractivity contribution is 0.169. The normalized spacial score (nSPS) is 14.6. The molecular formula is C16H15BrO4. The Labute approximate surface area is 131 Å². The summed E-state index contributed by atoms with van der Waals surface area (Å²) in [7, 11) is 1.61. The number of hydrogen-bond acceptors (Lipinski definition) is 4. The van der Waals surface area contributed by atoms with Crippen LogP contribution in [0.4, 0.5) is 0 Å². The van der Waals surface area contributed by atoms with Gasteiger partial charge in [-0.2, -0.15) is 0 Å². The monoisotopic (exact) mass is 350 g/mol. The lowest BCUT2D eigenvalue weighted by atomic mass is 10.0. The molecule has 0 amide bonds. The molecule has 0 spiro atoms. The van der Waals surface area contributed by atoms with E-state index < -0.39 is 6.10 Å². The van der Waals surface area contributed by atoms with Gasteiger partial charge in [-0.25, -0.2) is 0 Å². The zero-order valence-electron chi connectivity index (χ0n) is 11.5. The molecule has 1 atom stereocenters. The zero-order chi connectivity index (χ0) is 14.8. The molecule has 1 N–H and O–H groups in total. The van der Waals surface area contributed by atoms with Gasteiger partial charge in [0, 0.05) is 4.47 Å². The first-order valence-corrected chi connectivity index (χ1v) is 7.39. The largest absolute Gasteiger partial charge is 0.497 e. The first-order valence-electron chi connectivity index (χ1n) is 6.60. The van der Waals surface area contributed by atoms with E-state index in [2.05, 4.69) is 15.9 Å². The number of benzene rings is 2. The molecule has 4 nitrogen and oxygen atoms in total. The Kier molecular flexibility index (Phi) is 4.03. The summed E-state index contributed by atoms with van der Waals surface area (Å²) in [4.78, 5) is 0. The maximum atomic E-state index is 10.6. The average Bonchev–Trinajstić information content (AvgIpc) is 2.53. The molecule has 0 aromatic heterocycles. The quantitative estimate of drug-likeness (QED) is 0.922. The summed E-state index contributed by atoms with van der Waals surface area (Å²) in [6.45, 7) is 1.08. The Hall–Kier alpha value is -1.72. The number of halogens is 1. The fourth-order valence-electron chi connectivity index (χ4n) is 2.27. The number of methoxy groups -OCH3 is 1. The average molecular weight is 351 g/mol. The van der Waals surface area contributed by atoms with Gasteiger partial charge >= 0.3 is 0 Å². The molecule has 110 valence electrons. The van der Waals surface area contributed by atoms with E-state index in [4.69, 9.17) is 14.2 Å². The molecule has 3 rings (SSSR count). The second-order valence-corrected chi connectivity index (χ2v) is 5.55. The molecule has 0 aliphatic carbocycles. The van der Waals surface area contributed by atoms with Gasteiger partial charge in [0.05, 0.1) is 7.11 Å². The van der Waals surface area contributed by atoms with E-state index in [1.54, 1.807) is 7.11 Å². The van der Waals surface area contributed by atoms with Gasteiger partial charge in [0.15, 0.2) is 11.5 Å². The topological polar surface area (TPSA) is 47.9 Å². The highest BCUT2D eigenvalue weighted by Crippen LogP contribution is 2.36. The molecule has 2 aromatic carbocycles. The molecule has 0 saturated carbocycles. The molecule has 0 saturated heterocycles. The van der Waals surface area contributed by atoms with Gasteiger partial charge in [0.25, 0.3) is 0 Å². The molecule has 21 heavy (non-hydrogen) atoms. The zero-order valence-corrected chi connectivity index (χ0v) is 13.1. The van der Waals surface area contributed by atoms with Crippen molar-refractivity contribution in [3.05, 3.63) is 52.0 Å². The molecule has 1 unspecified atom stereocenters. The van der Waals surface area contributed by atoms with Crippen LogP contribution in [0.1, 0.15) is 17.2 Å². The van der Waals surface area contributed by atoms with E-state index in [0.717, 1.165) is 21.3 Å². The summed E-state index contributed by atoms with van der Waals surface area (Å²) in [5, 5.41) is 10.6. The predicted molar refractivity (Wildman–Crippen MR) is 82.2 cm³/mol. The molecular weight excluding hydrogens is 336 g/mol. The molecule has 2 aromatic rings. The summed E-state index contributed by atoms with van der Waals surface area (Å²) in [5.41, 5.74) is 1.53. The summed E-state index contributed by atoms with van der Waals surface area (Å²) in [6, 6.07) is 11.0. The minimum absolute atomic E-state index is 0.527. The van der Waals surface area contributed by atoms with Crippen LogP contribution in [0.5, 0.6) is 17.2 Å². The van der Waals surface area contributed by atoms with Gasteiger partial charge in [-0.3, -0.25) is 0 Å². The summed E-state index contributed by atoms with van der Waals surface area (Å²) in [6.07, 6.45) is -0.749. The maximum Gasteiger partial charge on any atom is 0.161 e. The van der Waals surface area contributed by atoms with Crippen molar-refractivity contribution in [2.75, 3.05) is 20.3 Å². The number of rotatable bonds is 3. The molecule has 1 aliphatic rings.